The standard InChI is InChI=1S/C27H30N4O/c28-26(31-16-14-22(15-17-31)18-21-8-3-1-4-9-21)20-23-10-7-13-25(19-23)30-27(32)29-24-11-5-2-6-12-24/h1-13,19,22,28H,14-18,20H2,(H2,29,30,32). The van der Waals surface area contributed by atoms with Crippen molar-refractivity contribution in [1.29, 1.82) is 5.41 Å². The summed E-state index contributed by atoms with van der Waals surface area (Å²) in [6, 6.07) is 27.5. The van der Waals surface area contributed by atoms with Gasteiger partial charge in [-0.15, -0.1) is 0 Å². The van der Waals surface area contributed by atoms with Crippen molar-refractivity contribution in [3.05, 3.63) is 96.1 Å². The molecule has 1 fully saturated rings. The van der Waals surface area contributed by atoms with E-state index in [0.29, 0.717) is 18.2 Å². The van der Waals surface area contributed by atoms with Gasteiger partial charge in [-0.05, 0) is 60.6 Å². The van der Waals surface area contributed by atoms with E-state index < -0.39 is 0 Å². The van der Waals surface area contributed by atoms with E-state index in [0.717, 1.165) is 49.3 Å². The largest absolute Gasteiger partial charge is 0.360 e. The molecule has 1 aliphatic rings. The number of amides is 2. The number of nitrogens with one attached hydrogen (secondary N) is 3. The van der Waals surface area contributed by atoms with Gasteiger partial charge < -0.3 is 15.5 Å². The molecule has 3 aromatic rings. The summed E-state index contributed by atoms with van der Waals surface area (Å²) in [7, 11) is 0. The van der Waals surface area contributed by atoms with Gasteiger partial charge in [0, 0.05) is 30.9 Å². The number of anilines is 2. The monoisotopic (exact) mass is 426 g/mol. The first-order valence-electron chi connectivity index (χ1n) is 11.2. The van der Waals surface area contributed by atoms with Gasteiger partial charge in [0.05, 0.1) is 0 Å². The quantitative estimate of drug-likeness (QED) is 0.344. The topological polar surface area (TPSA) is 68.2 Å². The van der Waals surface area contributed by atoms with Crippen LogP contribution >= 0.6 is 0 Å². The lowest BCUT2D eigenvalue weighted by Crippen LogP contribution is -2.39. The van der Waals surface area contributed by atoms with E-state index in [1.54, 1.807) is 0 Å². The fraction of sp³-hybridized carbons (Fsp3) is 0.259. The second-order valence-electron chi connectivity index (χ2n) is 8.39. The van der Waals surface area contributed by atoms with Gasteiger partial charge in [-0.25, -0.2) is 4.79 Å². The van der Waals surface area contributed by atoms with Crippen molar-refractivity contribution in [2.75, 3.05) is 23.7 Å². The number of hydrogen-bond donors (Lipinski definition) is 3. The third-order valence-corrected chi connectivity index (χ3v) is 5.95. The van der Waals surface area contributed by atoms with Gasteiger partial charge in [0.1, 0.15) is 5.84 Å². The fourth-order valence-electron chi connectivity index (χ4n) is 4.23. The van der Waals surface area contributed by atoms with Crippen LogP contribution in [0.15, 0.2) is 84.9 Å². The average molecular weight is 427 g/mol. The number of urea groups is 1. The molecule has 5 heteroatoms. The maximum atomic E-state index is 12.3. The van der Waals surface area contributed by atoms with Crippen molar-refractivity contribution in [3.63, 3.8) is 0 Å². The van der Waals surface area contributed by atoms with Crippen molar-refractivity contribution in [2.45, 2.75) is 25.7 Å². The van der Waals surface area contributed by atoms with Crippen LogP contribution in [0.25, 0.3) is 0 Å². The molecule has 1 heterocycles. The number of carbonyl (C=O) groups excluding carboxylic acids is 1. The van der Waals surface area contributed by atoms with Crippen LogP contribution in [0.4, 0.5) is 16.2 Å². The predicted octanol–water partition coefficient (Wildman–Crippen LogP) is 5.81. The molecule has 0 atom stereocenters. The smallest absolute Gasteiger partial charge is 0.323 e. The van der Waals surface area contributed by atoms with Crippen molar-refractivity contribution >= 4 is 23.2 Å². The SMILES string of the molecule is N=C(Cc1cccc(NC(=O)Nc2ccccc2)c1)N1CCC(Cc2ccccc2)CC1. The highest BCUT2D eigenvalue weighted by atomic mass is 16.2. The Morgan fingerprint density at radius 2 is 1.41 bits per heavy atom. The summed E-state index contributed by atoms with van der Waals surface area (Å²) in [6.45, 7) is 1.88. The molecular weight excluding hydrogens is 396 g/mol. The van der Waals surface area contributed by atoms with Crippen molar-refractivity contribution in [2.24, 2.45) is 5.92 Å². The minimum atomic E-state index is -0.274. The molecule has 0 bridgehead atoms. The summed E-state index contributed by atoms with van der Waals surface area (Å²) >= 11 is 0. The number of benzene rings is 3. The Morgan fingerprint density at radius 3 is 2.12 bits per heavy atom. The van der Waals surface area contributed by atoms with Gasteiger partial charge in [-0.2, -0.15) is 0 Å². The molecule has 2 amide bonds. The average Bonchev–Trinajstić information content (AvgIpc) is 2.81. The van der Waals surface area contributed by atoms with Gasteiger partial charge in [0.25, 0.3) is 0 Å². The van der Waals surface area contributed by atoms with Crippen LogP contribution in [0, 0.1) is 11.3 Å². The lowest BCUT2D eigenvalue weighted by molar-refractivity contribution is 0.261. The van der Waals surface area contributed by atoms with Gasteiger partial charge in [-0.1, -0.05) is 60.7 Å². The molecule has 3 N–H and O–H groups in total. The Labute approximate surface area is 190 Å². The Kier molecular flexibility index (Phi) is 7.18. The molecule has 1 saturated heterocycles. The zero-order chi connectivity index (χ0) is 22.2. The zero-order valence-electron chi connectivity index (χ0n) is 18.3. The molecule has 0 saturated carbocycles. The van der Waals surface area contributed by atoms with Gasteiger partial charge in [-0.3, -0.25) is 5.41 Å². The molecule has 0 aliphatic carbocycles. The summed E-state index contributed by atoms with van der Waals surface area (Å²) in [4.78, 5) is 14.4. The normalized spacial score (nSPS) is 14.1. The number of likely N-dealkylation sites (tertiary alicyclic amines) is 1. The van der Waals surface area contributed by atoms with E-state index in [-0.39, 0.29) is 6.03 Å². The summed E-state index contributed by atoms with van der Waals surface area (Å²) in [5, 5.41) is 14.3. The molecular formula is C27H30N4O. The number of para-hydroxylation sites is 1. The highest BCUT2D eigenvalue weighted by molar-refractivity contribution is 5.99. The molecule has 0 unspecified atom stereocenters. The lowest BCUT2D eigenvalue weighted by Gasteiger charge is -2.34. The van der Waals surface area contributed by atoms with E-state index in [1.807, 2.05) is 54.6 Å². The molecule has 4 rings (SSSR count). The third-order valence-electron chi connectivity index (χ3n) is 5.95. The van der Waals surface area contributed by atoms with Crippen molar-refractivity contribution in [1.82, 2.24) is 4.90 Å². The van der Waals surface area contributed by atoms with E-state index >= 15 is 0 Å². The van der Waals surface area contributed by atoms with Gasteiger partial charge in [0.15, 0.2) is 0 Å². The van der Waals surface area contributed by atoms with E-state index in [9.17, 15) is 4.79 Å². The van der Waals surface area contributed by atoms with Crippen LogP contribution in [0.3, 0.4) is 0 Å². The second kappa shape index (κ2) is 10.6. The Morgan fingerprint density at radius 1 is 0.812 bits per heavy atom. The van der Waals surface area contributed by atoms with Crippen LogP contribution in [-0.4, -0.2) is 29.9 Å². The van der Waals surface area contributed by atoms with Crippen LogP contribution in [0.5, 0.6) is 0 Å². The van der Waals surface area contributed by atoms with Crippen LogP contribution in [0.2, 0.25) is 0 Å². The van der Waals surface area contributed by atoms with Gasteiger partial charge in [0.2, 0.25) is 0 Å². The number of hydrogen-bond acceptors (Lipinski definition) is 2. The minimum absolute atomic E-state index is 0.274. The molecule has 0 radical (unpaired) electrons. The second-order valence-corrected chi connectivity index (χ2v) is 8.39. The molecule has 1 aliphatic heterocycles. The minimum Gasteiger partial charge on any atom is -0.360 e. The third kappa shape index (κ3) is 6.20. The van der Waals surface area contributed by atoms with E-state index in [4.69, 9.17) is 5.41 Å². The summed E-state index contributed by atoms with van der Waals surface area (Å²) in [6.07, 6.45) is 3.94. The Hall–Kier alpha value is -3.60. The first-order chi connectivity index (χ1) is 15.7. The zero-order valence-corrected chi connectivity index (χ0v) is 18.3. The first kappa shape index (κ1) is 21.6. The maximum Gasteiger partial charge on any atom is 0.323 e. The molecule has 3 aromatic carbocycles. The van der Waals surface area contributed by atoms with Crippen LogP contribution in [0.1, 0.15) is 24.0 Å². The fourth-order valence-corrected chi connectivity index (χ4v) is 4.23. The highest BCUT2D eigenvalue weighted by Gasteiger charge is 2.21. The number of nitrogens with zero attached hydrogens (tertiary/aromatic N) is 1. The molecule has 0 aromatic heterocycles. The molecule has 5 nitrogen and oxygen atoms in total. The summed E-state index contributed by atoms with van der Waals surface area (Å²) < 4.78 is 0. The number of piperidine rings is 1. The number of amidine groups is 1. The predicted molar refractivity (Wildman–Crippen MR) is 131 cm³/mol. The van der Waals surface area contributed by atoms with Crippen molar-refractivity contribution in [3.8, 4) is 0 Å². The van der Waals surface area contributed by atoms with Crippen molar-refractivity contribution < 1.29 is 4.79 Å². The van der Waals surface area contributed by atoms with Gasteiger partial charge >= 0.3 is 6.03 Å². The Balaban J connectivity index is 1.26. The van der Waals surface area contributed by atoms with Crippen LogP contribution in [-0.2, 0) is 12.8 Å². The highest BCUT2D eigenvalue weighted by Crippen LogP contribution is 2.22. The first-order valence-corrected chi connectivity index (χ1v) is 11.2. The summed E-state index contributed by atoms with van der Waals surface area (Å²) in [5.41, 5.74) is 3.91. The van der Waals surface area contributed by atoms with Crippen LogP contribution < -0.4 is 10.6 Å². The summed E-state index contributed by atoms with van der Waals surface area (Å²) in [5.74, 6) is 1.34. The molecule has 32 heavy (non-hydrogen) atoms. The molecule has 0 spiro atoms. The Bertz CT molecular complexity index is 1030. The number of carbonyl (C=O) groups is 1. The lowest BCUT2D eigenvalue weighted by atomic mass is 9.90. The van der Waals surface area contributed by atoms with E-state index in [2.05, 4.69) is 45.9 Å². The number of rotatable bonds is 6. The maximum absolute atomic E-state index is 12.3. The van der Waals surface area contributed by atoms with E-state index in [1.165, 1.54) is 5.56 Å². The molecule has 164 valence electrons.